The number of hydrogen-bond acceptors (Lipinski definition) is 5. The number of esters is 1. The smallest absolute Gasteiger partial charge is 0.335 e. The molecule has 2 unspecified atom stereocenters. The Labute approximate surface area is 156 Å². The van der Waals surface area contributed by atoms with Gasteiger partial charge in [0.25, 0.3) is 5.69 Å². The number of halogens is 1. The zero-order valence-corrected chi connectivity index (χ0v) is 15.4. The molecule has 0 aliphatic rings. The fourth-order valence-corrected chi connectivity index (χ4v) is 2.72. The molecule has 0 bridgehead atoms. The highest BCUT2D eigenvalue weighted by atomic mass is 35.5. The first-order valence-corrected chi connectivity index (χ1v) is 8.34. The number of ether oxygens (including phenoxy) is 1. The summed E-state index contributed by atoms with van der Waals surface area (Å²) in [4.78, 5) is 21.2. The average Bonchev–Trinajstić information content (AvgIpc) is 2.59. The van der Waals surface area contributed by atoms with Crippen LogP contribution in [0.5, 0.6) is 0 Å². The van der Waals surface area contributed by atoms with Gasteiger partial charge in [-0.1, -0.05) is 41.9 Å². The Kier molecular flexibility index (Phi) is 5.68. The highest BCUT2D eigenvalue weighted by molar-refractivity contribution is 6.34. The number of nitro benzene ring substituents is 1. The number of rotatable bonds is 5. The minimum Gasteiger partial charge on any atom is -0.458 e. The van der Waals surface area contributed by atoms with Crippen LogP contribution < -0.4 is 0 Å². The fraction of sp³-hybridized carbons (Fsp3) is 0.316. The molecule has 26 heavy (non-hydrogen) atoms. The molecule has 0 saturated carbocycles. The molecule has 2 atom stereocenters. The maximum Gasteiger partial charge on any atom is 0.335 e. The molecule has 0 spiro atoms. The molecule has 0 heterocycles. The van der Waals surface area contributed by atoms with Crippen molar-refractivity contribution in [2.75, 3.05) is 0 Å². The Hall–Kier alpha value is -2.44. The molecule has 2 rings (SSSR count). The van der Waals surface area contributed by atoms with Crippen molar-refractivity contribution >= 4 is 23.3 Å². The topological polar surface area (TPSA) is 89.7 Å². The monoisotopic (exact) mass is 377 g/mol. The van der Waals surface area contributed by atoms with Gasteiger partial charge in [-0.2, -0.15) is 0 Å². The van der Waals surface area contributed by atoms with Crippen LogP contribution in [0.3, 0.4) is 0 Å². The number of nitrogens with zero attached hydrogens (tertiary/aromatic N) is 1. The van der Waals surface area contributed by atoms with Crippen LogP contribution in [-0.2, 0) is 14.4 Å². The van der Waals surface area contributed by atoms with Crippen molar-refractivity contribution in [2.24, 2.45) is 0 Å². The molecule has 7 heteroatoms. The Morgan fingerprint density at radius 3 is 2.12 bits per heavy atom. The molecule has 1 N–H and O–H groups in total. The third kappa shape index (κ3) is 4.20. The molecule has 0 aliphatic heterocycles. The molecular weight excluding hydrogens is 358 g/mol. The summed E-state index contributed by atoms with van der Waals surface area (Å²) in [5, 5.41) is 21.7. The van der Waals surface area contributed by atoms with Crippen molar-refractivity contribution in [3.05, 3.63) is 75.8 Å². The van der Waals surface area contributed by atoms with E-state index in [1.54, 1.807) is 51.1 Å². The van der Waals surface area contributed by atoms with E-state index < -0.39 is 27.5 Å². The quantitative estimate of drug-likeness (QED) is 0.366. The molecule has 138 valence electrons. The number of alkyl halides is 1. The van der Waals surface area contributed by atoms with Crippen LogP contribution in [0.15, 0.2) is 54.6 Å². The summed E-state index contributed by atoms with van der Waals surface area (Å²) < 4.78 is 5.41. The predicted octanol–water partition coefficient (Wildman–Crippen LogP) is 4.10. The normalized spacial score (nSPS) is 15.0. The number of hydrogen-bond donors (Lipinski definition) is 1. The van der Waals surface area contributed by atoms with E-state index in [1.165, 1.54) is 24.3 Å². The lowest BCUT2D eigenvalue weighted by molar-refractivity contribution is -0.384. The highest BCUT2D eigenvalue weighted by Gasteiger charge is 2.48. The van der Waals surface area contributed by atoms with E-state index in [0.29, 0.717) is 5.56 Å². The van der Waals surface area contributed by atoms with Crippen LogP contribution in [-0.4, -0.2) is 21.6 Å². The largest absolute Gasteiger partial charge is 0.458 e. The minimum absolute atomic E-state index is 0.147. The van der Waals surface area contributed by atoms with E-state index in [4.69, 9.17) is 16.3 Å². The van der Waals surface area contributed by atoms with E-state index in [1.807, 2.05) is 0 Å². The maximum absolute atomic E-state index is 12.9. The van der Waals surface area contributed by atoms with E-state index in [2.05, 4.69) is 0 Å². The van der Waals surface area contributed by atoms with Crippen LogP contribution in [0.25, 0.3) is 0 Å². The molecule has 6 nitrogen and oxygen atoms in total. The molecule has 0 saturated heterocycles. The molecule has 0 amide bonds. The van der Waals surface area contributed by atoms with Crippen molar-refractivity contribution in [1.29, 1.82) is 0 Å². The van der Waals surface area contributed by atoms with E-state index >= 15 is 0 Å². The van der Waals surface area contributed by atoms with Crippen molar-refractivity contribution in [1.82, 2.24) is 0 Å². The van der Waals surface area contributed by atoms with Crippen molar-refractivity contribution in [3.63, 3.8) is 0 Å². The van der Waals surface area contributed by atoms with Crippen molar-refractivity contribution in [3.8, 4) is 0 Å². The first kappa shape index (κ1) is 19.9. The summed E-state index contributed by atoms with van der Waals surface area (Å²) in [6.07, 6.45) is -1.42. The second-order valence-corrected chi connectivity index (χ2v) is 7.43. The van der Waals surface area contributed by atoms with Gasteiger partial charge in [-0.15, -0.1) is 0 Å². The molecule has 0 aromatic heterocycles. The molecular formula is C19H20ClNO5. The third-order valence-corrected chi connectivity index (χ3v) is 4.27. The Bertz CT molecular complexity index is 786. The summed E-state index contributed by atoms with van der Waals surface area (Å²) in [5.74, 6) is -0.836. The van der Waals surface area contributed by atoms with Gasteiger partial charge in [-0.05, 0) is 44.0 Å². The lowest BCUT2D eigenvalue weighted by Crippen LogP contribution is -2.41. The van der Waals surface area contributed by atoms with Gasteiger partial charge in [-0.25, -0.2) is 4.79 Å². The Morgan fingerprint density at radius 2 is 1.65 bits per heavy atom. The minimum atomic E-state index is -1.95. The number of carbonyl (C=O) groups is 1. The Morgan fingerprint density at radius 1 is 1.12 bits per heavy atom. The highest BCUT2D eigenvalue weighted by Crippen LogP contribution is 2.43. The van der Waals surface area contributed by atoms with Gasteiger partial charge in [0, 0.05) is 12.1 Å². The molecule has 0 fully saturated rings. The SMILES string of the molecule is CC(C)(C)OC(=O)C(Cl)(c1ccc([N+](=O)[O-])cc1)C(O)c1ccccc1. The number of non-ortho nitro benzene ring substituents is 1. The van der Waals surface area contributed by atoms with Crippen LogP contribution in [0, 0.1) is 10.1 Å². The van der Waals surface area contributed by atoms with E-state index in [-0.39, 0.29) is 11.3 Å². The standard InChI is InChI=1S/C19H20ClNO5/c1-18(2,3)26-17(23)19(20,16(22)13-7-5-4-6-8-13)14-9-11-15(12-10-14)21(24)25/h4-12,16,22H,1-3H3. The third-order valence-electron chi connectivity index (χ3n) is 3.69. The van der Waals surface area contributed by atoms with Crippen LogP contribution >= 0.6 is 11.6 Å². The molecule has 2 aromatic rings. The number of nitro groups is 1. The molecule has 0 aliphatic carbocycles. The average molecular weight is 378 g/mol. The fourth-order valence-electron chi connectivity index (χ4n) is 2.43. The van der Waals surface area contributed by atoms with Crippen LogP contribution in [0.1, 0.15) is 38.0 Å². The second kappa shape index (κ2) is 7.43. The van der Waals surface area contributed by atoms with Gasteiger partial charge >= 0.3 is 5.97 Å². The molecule has 0 radical (unpaired) electrons. The Balaban J connectivity index is 2.54. The van der Waals surface area contributed by atoms with E-state index in [0.717, 1.165) is 0 Å². The zero-order valence-electron chi connectivity index (χ0n) is 14.7. The molecule has 2 aromatic carbocycles. The maximum atomic E-state index is 12.9. The van der Waals surface area contributed by atoms with Gasteiger partial charge < -0.3 is 9.84 Å². The van der Waals surface area contributed by atoms with E-state index in [9.17, 15) is 20.0 Å². The van der Waals surface area contributed by atoms with Gasteiger partial charge in [0.05, 0.1) is 4.92 Å². The number of benzene rings is 2. The lowest BCUT2D eigenvalue weighted by Gasteiger charge is -2.33. The van der Waals surface area contributed by atoms with Gasteiger partial charge in [0.1, 0.15) is 11.7 Å². The summed E-state index contributed by atoms with van der Waals surface area (Å²) >= 11 is 6.64. The summed E-state index contributed by atoms with van der Waals surface area (Å²) in [5.41, 5.74) is -0.345. The number of aliphatic hydroxyl groups excluding tert-OH is 1. The van der Waals surface area contributed by atoms with Gasteiger partial charge in [0.2, 0.25) is 0 Å². The second-order valence-electron chi connectivity index (χ2n) is 6.83. The first-order valence-electron chi connectivity index (χ1n) is 7.96. The van der Waals surface area contributed by atoms with Crippen LogP contribution in [0.2, 0.25) is 0 Å². The summed E-state index contributed by atoms with van der Waals surface area (Å²) in [6, 6.07) is 13.6. The predicted molar refractivity (Wildman–Crippen MR) is 97.9 cm³/mol. The first-order chi connectivity index (χ1) is 12.1. The zero-order chi connectivity index (χ0) is 19.5. The summed E-state index contributed by atoms with van der Waals surface area (Å²) in [7, 11) is 0. The number of aliphatic hydroxyl groups is 1. The van der Waals surface area contributed by atoms with Gasteiger partial charge in [-0.3, -0.25) is 10.1 Å². The number of carbonyl (C=O) groups excluding carboxylic acids is 1. The van der Waals surface area contributed by atoms with Crippen molar-refractivity contribution in [2.45, 2.75) is 37.4 Å². The summed E-state index contributed by atoms with van der Waals surface area (Å²) in [6.45, 7) is 5.06. The lowest BCUT2D eigenvalue weighted by atomic mass is 9.87. The van der Waals surface area contributed by atoms with Gasteiger partial charge in [0.15, 0.2) is 4.87 Å². The van der Waals surface area contributed by atoms with Crippen molar-refractivity contribution < 1.29 is 19.6 Å². The van der Waals surface area contributed by atoms with Crippen LogP contribution in [0.4, 0.5) is 5.69 Å².